The molecule has 0 spiro atoms. The molecule has 0 bridgehead atoms. The van der Waals surface area contributed by atoms with E-state index in [1.54, 1.807) is 11.8 Å². The van der Waals surface area contributed by atoms with Crippen LogP contribution < -0.4 is 10.6 Å². The quantitative estimate of drug-likeness (QED) is 0.762. The Hall–Kier alpha value is -1.86. The minimum Gasteiger partial charge on any atom is -0.392 e. The van der Waals surface area contributed by atoms with Gasteiger partial charge in [-0.3, -0.25) is 4.79 Å². The van der Waals surface area contributed by atoms with Gasteiger partial charge in [-0.15, -0.1) is 11.3 Å². The Labute approximate surface area is 120 Å². The van der Waals surface area contributed by atoms with Crippen molar-refractivity contribution in [1.29, 1.82) is 0 Å². The smallest absolute Gasteiger partial charge is 0.319 e. The van der Waals surface area contributed by atoms with Crippen LogP contribution in [0.5, 0.6) is 0 Å². The van der Waals surface area contributed by atoms with Crippen LogP contribution in [-0.2, 0) is 4.79 Å². The van der Waals surface area contributed by atoms with Crippen LogP contribution in [0.4, 0.5) is 4.79 Å². The third-order valence-corrected chi connectivity index (χ3v) is 4.27. The van der Waals surface area contributed by atoms with Gasteiger partial charge in [0.1, 0.15) is 0 Å². The number of urea groups is 1. The van der Waals surface area contributed by atoms with E-state index in [1.165, 1.54) is 11.3 Å². The second-order valence-electron chi connectivity index (χ2n) is 4.97. The Balaban J connectivity index is 1.92. The maximum atomic E-state index is 12.5. The molecule has 2 aliphatic rings. The van der Waals surface area contributed by atoms with Crippen molar-refractivity contribution in [2.45, 2.75) is 19.1 Å². The molecule has 7 heteroatoms. The third-order valence-electron chi connectivity index (χ3n) is 3.33. The van der Waals surface area contributed by atoms with Gasteiger partial charge in [-0.05, 0) is 18.4 Å². The number of nitrogens with one attached hydrogen (secondary N) is 2. The monoisotopic (exact) mass is 293 g/mol. The molecule has 2 aliphatic heterocycles. The normalized spacial score (nSPS) is 23.5. The average molecular weight is 293 g/mol. The van der Waals surface area contributed by atoms with E-state index >= 15 is 0 Å². The second kappa shape index (κ2) is 4.92. The Morgan fingerprint density at radius 2 is 2.35 bits per heavy atom. The molecule has 0 aliphatic carbocycles. The van der Waals surface area contributed by atoms with E-state index in [-0.39, 0.29) is 18.5 Å². The summed E-state index contributed by atoms with van der Waals surface area (Å²) in [5.74, 6) is -0.133. The number of carbonyl (C=O) groups excluding carboxylic acids is 2. The summed E-state index contributed by atoms with van der Waals surface area (Å²) in [7, 11) is 0. The predicted octanol–water partition coefficient (Wildman–Crippen LogP) is 0.579. The fourth-order valence-electron chi connectivity index (χ4n) is 2.56. The van der Waals surface area contributed by atoms with E-state index in [0.717, 1.165) is 4.88 Å². The van der Waals surface area contributed by atoms with E-state index in [9.17, 15) is 14.7 Å². The number of carbonyl (C=O) groups is 2. The van der Waals surface area contributed by atoms with Gasteiger partial charge >= 0.3 is 6.03 Å². The van der Waals surface area contributed by atoms with Crippen LogP contribution in [-0.4, -0.2) is 41.1 Å². The van der Waals surface area contributed by atoms with Gasteiger partial charge in [-0.2, -0.15) is 0 Å². The highest BCUT2D eigenvalue weighted by Crippen LogP contribution is 2.34. The molecular formula is C13H15N3O3S. The number of rotatable bonds is 3. The molecule has 6 nitrogen and oxygen atoms in total. The maximum Gasteiger partial charge on any atom is 0.319 e. The molecule has 106 valence electrons. The minimum atomic E-state index is -0.593. The molecule has 20 heavy (non-hydrogen) atoms. The first-order valence-corrected chi connectivity index (χ1v) is 7.25. The van der Waals surface area contributed by atoms with Crippen LogP contribution >= 0.6 is 11.3 Å². The van der Waals surface area contributed by atoms with Gasteiger partial charge in [0.25, 0.3) is 5.91 Å². The molecule has 3 heterocycles. The van der Waals surface area contributed by atoms with E-state index in [0.29, 0.717) is 17.8 Å². The summed E-state index contributed by atoms with van der Waals surface area (Å²) in [5.41, 5.74) is 1.21. The van der Waals surface area contributed by atoms with Crippen molar-refractivity contribution >= 4 is 23.3 Å². The van der Waals surface area contributed by atoms with Crippen molar-refractivity contribution in [1.82, 2.24) is 15.5 Å². The van der Waals surface area contributed by atoms with Gasteiger partial charge in [-0.1, -0.05) is 6.07 Å². The van der Waals surface area contributed by atoms with Crippen molar-refractivity contribution < 1.29 is 14.7 Å². The number of hydrogen-bond donors (Lipinski definition) is 3. The van der Waals surface area contributed by atoms with Crippen LogP contribution in [0, 0.1) is 0 Å². The minimum absolute atomic E-state index is 0.133. The predicted molar refractivity (Wildman–Crippen MR) is 74.0 cm³/mol. The summed E-state index contributed by atoms with van der Waals surface area (Å²) >= 11 is 1.50. The highest BCUT2D eigenvalue weighted by molar-refractivity contribution is 7.10. The number of hydrogen-bond acceptors (Lipinski definition) is 4. The molecule has 3 rings (SSSR count). The molecule has 1 aromatic rings. The molecule has 3 N–H and O–H groups in total. The summed E-state index contributed by atoms with van der Waals surface area (Å²) in [6, 6.07) is 3.09. The summed E-state index contributed by atoms with van der Waals surface area (Å²) < 4.78 is 0. The zero-order chi connectivity index (χ0) is 14.3. The molecule has 0 radical (unpaired) electrons. The van der Waals surface area contributed by atoms with Crippen molar-refractivity contribution in [3.05, 3.63) is 33.7 Å². The molecule has 3 amide bonds. The van der Waals surface area contributed by atoms with Crippen molar-refractivity contribution in [3.8, 4) is 0 Å². The molecular weight excluding hydrogens is 278 g/mol. The largest absolute Gasteiger partial charge is 0.392 e. The summed E-state index contributed by atoms with van der Waals surface area (Å²) in [4.78, 5) is 26.7. The lowest BCUT2D eigenvalue weighted by Gasteiger charge is -2.24. The third kappa shape index (κ3) is 2.19. The molecule has 1 aromatic heterocycles. The van der Waals surface area contributed by atoms with Gasteiger partial charge in [-0.25, -0.2) is 4.79 Å². The Morgan fingerprint density at radius 1 is 1.55 bits per heavy atom. The molecule has 0 saturated heterocycles. The fourth-order valence-corrected chi connectivity index (χ4v) is 3.35. The van der Waals surface area contributed by atoms with Gasteiger partial charge in [0.05, 0.1) is 30.0 Å². The molecule has 0 aromatic carbocycles. The van der Waals surface area contributed by atoms with Gasteiger partial charge in [0.2, 0.25) is 0 Å². The van der Waals surface area contributed by atoms with Crippen molar-refractivity contribution in [2.75, 3.05) is 13.1 Å². The first kappa shape index (κ1) is 13.1. The van der Waals surface area contributed by atoms with Crippen LogP contribution in [0.3, 0.4) is 0 Å². The molecule has 2 unspecified atom stereocenters. The van der Waals surface area contributed by atoms with E-state index < -0.39 is 12.1 Å². The Kier molecular flexibility index (Phi) is 3.23. The van der Waals surface area contributed by atoms with Gasteiger partial charge < -0.3 is 20.6 Å². The number of aliphatic hydroxyl groups is 1. The number of amides is 3. The molecule has 0 fully saturated rings. The number of aliphatic hydroxyl groups excluding tert-OH is 1. The standard InChI is InChI=1S/C13H15N3O3S/c1-7(17)5-16-6-8-10(12(16)18)11(15-13(19)14-8)9-3-2-4-20-9/h2-4,7,11,17H,5-6H2,1H3,(H2,14,15,19). The first-order chi connectivity index (χ1) is 9.56. The van der Waals surface area contributed by atoms with Crippen LogP contribution in [0.25, 0.3) is 0 Å². The zero-order valence-corrected chi connectivity index (χ0v) is 11.7. The van der Waals surface area contributed by atoms with E-state index in [4.69, 9.17) is 0 Å². The highest BCUT2D eigenvalue weighted by Gasteiger charge is 2.40. The number of β-amino-alcohol motifs (C(OH)–C–C–N with tert-alkyl or cyclic N) is 1. The fraction of sp³-hybridized carbons (Fsp3) is 0.385. The van der Waals surface area contributed by atoms with E-state index in [2.05, 4.69) is 10.6 Å². The topological polar surface area (TPSA) is 81.7 Å². The molecule has 2 atom stereocenters. The number of thiophene rings is 1. The summed E-state index contributed by atoms with van der Waals surface area (Å²) in [6.45, 7) is 2.24. The van der Waals surface area contributed by atoms with Gasteiger partial charge in [0, 0.05) is 11.4 Å². The van der Waals surface area contributed by atoms with Gasteiger partial charge in [0.15, 0.2) is 0 Å². The summed E-state index contributed by atoms with van der Waals surface area (Å²) in [6.07, 6.45) is -0.593. The lowest BCUT2D eigenvalue weighted by Crippen LogP contribution is -2.44. The lowest BCUT2D eigenvalue weighted by molar-refractivity contribution is -0.126. The highest BCUT2D eigenvalue weighted by atomic mass is 32.1. The van der Waals surface area contributed by atoms with Crippen LogP contribution in [0.1, 0.15) is 17.8 Å². The van der Waals surface area contributed by atoms with Crippen molar-refractivity contribution in [2.24, 2.45) is 0 Å². The lowest BCUT2D eigenvalue weighted by atomic mass is 10.0. The van der Waals surface area contributed by atoms with Crippen molar-refractivity contribution in [3.63, 3.8) is 0 Å². The SMILES string of the molecule is CC(O)CN1CC2=C(C1=O)C(c1cccs1)NC(=O)N2. The zero-order valence-electron chi connectivity index (χ0n) is 10.9. The summed E-state index contributed by atoms with van der Waals surface area (Å²) in [5, 5.41) is 16.8. The Morgan fingerprint density at radius 3 is 3.00 bits per heavy atom. The second-order valence-corrected chi connectivity index (χ2v) is 5.95. The molecule has 0 saturated carbocycles. The van der Waals surface area contributed by atoms with E-state index in [1.807, 2.05) is 17.5 Å². The number of nitrogens with zero attached hydrogens (tertiary/aromatic N) is 1. The Bertz CT molecular complexity index is 580. The first-order valence-electron chi connectivity index (χ1n) is 6.37. The van der Waals surface area contributed by atoms with Crippen LogP contribution in [0.2, 0.25) is 0 Å². The van der Waals surface area contributed by atoms with Crippen LogP contribution in [0.15, 0.2) is 28.8 Å². The maximum absolute atomic E-state index is 12.5. The average Bonchev–Trinajstić information content (AvgIpc) is 2.98.